The largest absolute Gasteiger partial charge is 0.330 e. The molecule has 0 aromatic rings. The minimum absolute atomic E-state index is 0.645. The molecular weight excluding hydrogens is 178 g/mol. The summed E-state index contributed by atoms with van der Waals surface area (Å²) in [6, 6.07) is 0. The molecule has 0 radical (unpaired) electrons. The Labute approximate surface area is 78.4 Å². The zero-order valence-corrected chi connectivity index (χ0v) is 8.71. The van der Waals surface area contributed by atoms with Crippen LogP contribution in [0.1, 0.15) is 20.3 Å². The zero-order chi connectivity index (χ0) is 8.69. The van der Waals surface area contributed by atoms with Gasteiger partial charge < -0.3 is 5.73 Å². The second kappa shape index (κ2) is 7.01. The van der Waals surface area contributed by atoms with Crippen LogP contribution in [0.4, 0.5) is 0 Å². The highest BCUT2D eigenvalue weighted by Crippen LogP contribution is 2.16. The van der Waals surface area contributed by atoms with Crippen LogP contribution in [-0.4, -0.2) is 17.5 Å². The first-order valence-corrected chi connectivity index (χ1v) is 5.26. The molecule has 1 unspecified atom stereocenters. The fourth-order valence-corrected chi connectivity index (χ4v) is 1.73. The van der Waals surface area contributed by atoms with Crippen LogP contribution >= 0.6 is 23.4 Å². The van der Waals surface area contributed by atoms with Gasteiger partial charge in [0.05, 0.1) is 0 Å². The molecule has 0 spiro atoms. The van der Waals surface area contributed by atoms with Crippen molar-refractivity contribution in [1.29, 1.82) is 0 Å². The molecule has 66 valence electrons. The van der Waals surface area contributed by atoms with Crippen LogP contribution in [0.2, 0.25) is 0 Å². The molecular formula is C8H16ClNS. The SMILES string of the molecule is CC(=CCl)CSC(C)CCN. The maximum atomic E-state index is 5.51. The van der Waals surface area contributed by atoms with E-state index in [0.29, 0.717) is 5.25 Å². The van der Waals surface area contributed by atoms with Crippen molar-refractivity contribution in [2.24, 2.45) is 5.73 Å². The van der Waals surface area contributed by atoms with Gasteiger partial charge in [-0.05, 0) is 19.9 Å². The van der Waals surface area contributed by atoms with Gasteiger partial charge in [-0.1, -0.05) is 24.1 Å². The molecule has 0 aromatic carbocycles. The van der Waals surface area contributed by atoms with E-state index < -0.39 is 0 Å². The molecule has 0 aliphatic heterocycles. The van der Waals surface area contributed by atoms with Gasteiger partial charge in [-0.25, -0.2) is 0 Å². The van der Waals surface area contributed by atoms with Crippen molar-refractivity contribution < 1.29 is 0 Å². The molecule has 1 atom stereocenters. The minimum Gasteiger partial charge on any atom is -0.330 e. The zero-order valence-electron chi connectivity index (χ0n) is 7.14. The molecule has 0 amide bonds. The third-order valence-electron chi connectivity index (χ3n) is 1.35. The molecule has 2 N–H and O–H groups in total. The highest BCUT2D eigenvalue weighted by molar-refractivity contribution is 8.00. The molecule has 11 heavy (non-hydrogen) atoms. The van der Waals surface area contributed by atoms with Crippen LogP contribution in [0.15, 0.2) is 11.1 Å². The molecule has 0 saturated carbocycles. The molecule has 3 heteroatoms. The van der Waals surface area contributed by atoms with E-state index in [1.807, 2.05) is 18.7 Å². The van der Waals surface area contributed by atoms with Crippen LogP contribution in [0.3, 0.4) is 0 Å². The van der Waals surface area contributed by atoms with Crippen molar-refractivity contribution in [2.75, 3.05) is 12.3 Å². The third-order valence-corrected chi connectivity index (χ3v) is 3.15. The van der Waals surface area contributed by atoms with Gasteiger partial charge in [-0.3, -0.25) is 0 Å². The number of halogens is 1. The summed E-state index contributed by atoms with van der Waals surface area (Å²) in [6.07, 6.45) is 1.08. The first-order valence-electron chi connectivity index (χ1n) is 3.78. The summed E-state index contributed by atoms with van der Waals surface area (Å²) in [6.45, 7) is 5.01. The Hall–Kier alpha value is 0.340. The Bertz CT molecular complexity index is 125. The number of nitrogens with two attached hydrogens (primary N) is 1. The van der Waals surface area contributed by atoms with Gasteiger partial charge in [-0.2, -0.15) is 11.8 Å². The Morgan fingerprint density at radius 1 is 1.73 bits per heavy atom. The van der Waals surface area contributed by atoms with E-state index in [1.54, 1.807) is 5.54 Å². The molecule has 0 aliphatic rings. The van der Waals surface area contributed by atoms with Crippen LogP contribution in [0, 0.1) is 0 Å². The molecule has 0 fully saturated rings. The normalized spacial score (nSPS) is 15.1. The highest BCUT2D eigenvalue weighted by atomic mass is 35.5. The Kier molecular flexibility index (Phi) is 7.23. The lowest BCUT2D eigenvalue weighted by Crippen LogP contribution is -2.07. The standard InChI is InChI=1S/C8H16ClNS/c1-7(5-9)6-11-8(2)3-4-10/h5,8H,3-4,6,10H2,1-2H3. The van der Waals surface area contributed by atoms with Gasteiger partial charge in [0.1, 0.15) is 0 Å². The Morgan fingerprint density at radius 2 is 2.36 bits per heavy atom. The fraction of sp³-hybridized carbons (Fsp3) is 0.750. The minimum atomic E-state index is 0.645. The van der Waals surface area contributed by atoms with Crippen molar-refractivity contribution in [3.63, 3.8) is 0 Å². The maximum absolute atomic E-state index is 5.51. The van der Waals surface area contributed by atoms with E-state index in [4.69, 9.17) is 17.3 Å². The van der Waals surface area contributed by atoms with E-state index in [0.717, 1.165) is 18.7 Å². The molecule has 0 bridgehead atoms. The summed E-state index contributed by atoms with van der Waals surface area (Å²) in [7, 11) is 0. The van der Waals surface area contributed by atoms with Crippen molar-refractivity contribution in [1.82, 2.24) is 0 Å². The lowest BCUT2D eigenvalue weighted by atomic mass is 10.3. The van der Waals surface area contributed by atoms with Crippen molar-refractivity contribution >= 4 is 23.4 Å². The van der Waals surface area contributed by atoms with E-state index >= 15 is 0 Å². The van der Waals surface area contributed by atoms with Gasteiger partial charge in [0.25, 0.3) is 0 Å². The fourth-order valence-electron chi connectivity index (χ4n) is 0.623. The lowest BCUT2D eigenvalue weighted by molar-refractivity contribution is 0.824. The quantitative estimate of drug-likeness (QED) is 0.727. The van der Waals surface area contributed by atoms with Gasteiger partial charge in [0.15, 0.2) is 0 Å². The molecule has 0 aromatic heterocycles. The lowest BCUT2D eigenvalue weighted by Gasteiger charge is -2.08. The van der Waals surface area contributed by atoms with E-state index in [-0.39, 0.29) is 0 Å². The second-order valence-electron chi connectivity index (χ2n) is 2.65. The van der Waals surface area contributed by atoms with Gasteiger partial charge in [-0.15, -0.1) is 0 Å². The molecule has 0 saturated heterocycles. The molecule has 0 aliphatic carbocycles. The summed E-state index contributed by atoms with van der Waals surface area (Å²) in [5.74, 6) is 1.02. The van der Waals surface area contributed by atoms with E-state index in [2.05, 4.69) is 6.92 Å². The maximum Gasteiger partial charge on any atom is 0.0154 e. The van der Waals surface area contributed by atoms with Crippen LogP contribution in [0.5, 0.6) is 0 Å². The first-order chi connectivity index (χ1) is 5.20. The number of thioether (sulfide) groups is 1. The van der Waals surface area contributed by atoms with Crippen molar-refractivity contribution in [2.45, 2.75) is 25.5 Å². The van der Waals surface area contributed by atoms with Crippen LogP contribution in [-0.2, 0) is 0 Å². The summed E-state index contributed by atoms with van der Waals surface area (Å²) < 4.78 is 0. The molecule has 0 rings (SSSR count). The van der Waals surface area contributed by atoms with Crippen LogP contribution < -0.4 is 5.73 Å². The number of hydrogen-bond donors (Lipinski definition) is 1. The smallest absolute Gasteiger partial charge is 0.0154 e. The topological polar surface area (TPSA) is 26.0 Å². The van der Waals surface area contributed by atoms with Crippen molar-refractivity contribution in [3.8, 4) is 0 Å². The first kappa shape index (κ1) is 11.3. The number of rotatable bonds is 5. The van der Waals surface area contributed by atoms with Gasteiger partial charge in [0, 0.05) is 16.5 Å². The summed E-state index contributed by atoms with van der Waals surface area (Å²) in [4.78, 5) is 0. The number of hydrogen-bond acceptors (Lipinski definition) is 2. The highest BCUT2D eigenvalue weighted by Gasteiger charge is 2.00. The van der Waals surface area contributed by atoms with Gasteiger partial charge >= 0.3 is 0 Å². The molecule has 0 heterocycles. The molecule has 1 nitrogen and oxygen atoms in total. The summed E-state index contributed by atoms with van der Waals surface area (Å²) in [5, 5.41) is 0.645. The predicted molar refractivity (Wildman–Crippen MR) is 55.2 cm³/mol. The van der Waals surface area contributed by atoms with Gasteiger partial charge in [0.2, 0.25) is 0 Å². The monoisotopic (exact) mass is 193 g/mol. The van der Waals surface area contributed by atoms with Crippen molar-refractivity contribution in [3.05, 3.63) is 11.1 Å². The average molecular weight is 194 g/mol. The Morgan fingerprint density at radius 3 is 2.82 bits per heavy atom. The second-order valence-corrected chi connectivity index (χ2v) is 4.30. The third kappa shape index (κ3) is 6.73. The summed E-state index contributed by atoms with van der Waals surface area (Å²) >= 11 is 7.41. The summed E-state index contributed by atoms with van der Waals surface area (Å²) in [5.41, 5.74) is 8.28. The van der Waals surface area contributed by atoms with E-state index in [9.17, 15) is 0 Å². The van der Waals surface area contributed by atoms with Crippen LogP contribution in [0.25, 0.3) is 0 Å². The Balaban J connectivity index is 3.37. The average Bonchev–Trinajstić information content (AvgIpc) is 2.01. The van der Waals surface area contributed by atoms with E-state index in [1.165, 1.54) is 5.57 Å². The predicted octanol–water partition coefficient (Wildman–Crippen LogP) is 2.60.